The highest BCUT2D eigenvalue weighted by Gasteiger charge is 2.26. The normalized spacial score (nSPS) is 13.2. The zero-order valence-corrected chi connectivity index (χ0v) is 9.38. The van der Waals surface area contributed by atoms with E-state index in [1.165, 1.54) is 12.1 Å². The van der Waals surface area contributed by atoms with Gasteiger partial charge in [0.1, 0.15) is 17.1 Å². The third kappa shape index (κ3) is 1.50. The molecule has 0 radical (unpaired) electrons. The maximum absolute atomic E-state index is 12.1. The lowest BCUT2D eigenvalue weighted by Gasteiger charge is -2.10. The highest BCUT2D eigenvalue weighted by molar-refractivity contribution is 6.04. The van der Waals surface area contributed by atoms with Crippen LogP contribution < -0.4 is 4.74 Å². The van der Waals surface area contributed by atoms with E-state index in [0.717, 1.165) is 5.56 Å². The molecule has 4 heteroatoms. The Morgan fingerprint density at radius 1 is 1.00 bits per heavy atom. The molecule has 3 rings (SSSR count). The second kappa shape index (κ2) is 3.77. The summed E-state index contributed by atoms with van der Waals surface area (Å²) < 4.78 is 5.55. The number of hydrogen-bond donors (Lipinski definition) is 2. The molecule has 0 fully saturated rings. The van der Waals surface area contributed by atoms with E-state index in [-0.39, 0.29) is 35.0 Å². The second-order valence-electron chi connectivity index (χ2n) is 4.12. The molecular formula is C14H10O4. The van der Waals surface area contributed by atoms with E-state index < -0.39 is 0 Å². The number of aromatic hydroxyl groups is 2. The van der Waals surface area contributed by atoms with Crippen molar-refractivity contribution in [1.29, 1.82) is 0 Å². The van der Waals surface area contributed by atoms with E-state index in [2.05, 4.69) is 0 Å². The van der Waals surface area contributed by atoms with Gasteiger partial charge in [0.05, 0.1) is 0 Å². The van der Waals surface area contributed by atoms with Gasteiger partial charge in [-0.15, -0.1) is 0 Å². The van der Waals surface area contributed by atoms with Crippen molar-refractivity contribution in [3.05, 3.63) is 47.5 Å². The highest BCUT2D eigenvalue weighted by Crippen LogP contribution is 2.42. The van der Waals surface area contributed by atoms with E-state index >= 15 is 0 Å². The molecule has 0 aliphatic carbocycles. The van der Waals surface area contributed by atoms with Crippen molar-refractivity contribution in [1.82, 2.24) is 0 Å². The molecule has 90 valence electrons. The van der Waals surface area contributed by atoms with Gasteiger partial charge >= 0.3 is 0 Å². The summed E-state index contributed by atoms with van der Waals surface area (Å²) >= 11 is 0. The minimum absolute atomic E-state index is 0.0185. The van der Waals surface area contributed by atoms with E-state index in [4.69, 9.17) is 4.74 Å². The second-order valence-corrected chi connectivity index (χ2v) is 4.12. The Bertz CT molecular complexity index is 646. The van der Waals surface area contributed by atoms with Gasteiger partial charge in [0.15, 0.2) is 17.3 Å². The monoisotopic (exact) mass is 242 g/mol. The van der Waals surface area contributed by atoms with Crippen molar-refractivity contribution in [3.8, 4) is 23.0 Å². The summed E-state index contributed by atoms with van der Waals surface area (Å²) in [5.74, 6) is -0.0766. The number of carbonyl (C=O) groups is 1. The third-order valence-corrected chi connectivity index (χ3v) is 2.93. The molecule has 0 unspecified atom stereocenters. The summed E-state index contributed by atoms with van der Waals surface area (Å²) in [6, 6.07) is 9.69. The Labute approximate surface area is 103 Å². The lowest BCUT2D eigenvalue weighted by atomic mass is 10.0. The van der Waals surface area contributed by atoms with E-state index in [1.54, 1.807) is 18.2 Å². The summed E-state index contributed by atoms with van der Waals surface area (Å²) in [7, 11) is 0. The summed E-state index contributed by atoms with van der Waals surface area (Å²) in [6.07, 6.45) is 0.139. The molecule has 0 atom stereocenters. The van der Waals surface area contributed by atoms with Crippen molar-refractivity contribution in [3.63, 3.8) is 0 Å². The smallest absolute Gasteiger partial charge is 0.183 e. The molecule has 0 amide bonds. The number of ether oxygens (including phenoxy) is 1. The van der Waals surface area contributed by atoms with Gasteiger partial charge in [0.25, 0.3) is 0 Å². The van der Waals surface area contributed by atoms with E-state index in [9.17, 15) is 15.0 Å². The van der Waals surface area contributed by atoms with E-state index in [0.29, 0.717) is 5.75 Å². The zero-order valence-electron chi connectivity index (χ0n) is 9.38. The molecule has 2 N–H and O–H groups in total. The number of benzene rings is 2. The first kappa shape index (κ1) is 10.7. The lowest BCUT2D eigenvalue weighted by molar-refractivity contribution is 0.0990. The minimum atomic E-state index is -0.275. The SMILES string of the molecule is O=C1Cc2ccccc2Oc2c(O)ccc(O)c21. The van der Waals surface area contributed by atoms with Crippen LogP contribution in [0.3, 0.4) is 0 Å². The first-order chi connectivity index (χ1) is 8.66. The van der Waals surface area contributed by atoms with Crippen LogP contribution in [0.4, 0.5) is 0 Å². The maximum atomic E-state index is 12.1. The minimum Gasteiger partial charge on any atom is -0.507 e. The quantitative estimate of drug-likeness (QED) is 0.697. The molecule has 4 nitrogen and oxygen atoms in total. The average Bonchev–Trinajstić information content (AvgIpc) is 2.50. The molecule has 2 aromatic carbocycles. The van der Waals surface area contributed by atoms with Crippen molar-refractivity contribution >= 4 is 5.78 Å². The van der Waals surface area contributed by atoms with Gasteiger partial charge in [-0.3, -0.25) is 4.79 Å². The Morgan fingerprint density at radius 3 is 2.56 bits per heavy atom. The van der Waals surface area contributed by atoms with Crippen LogP contribution >= 0.6 is 0 Å². The summed E-state index contributed by atoms with van der Waals surface area (Å²) in [5.41, 5.74) is 0.767. The molecule has 1 aliphatic heterocycles. The fourth-order valence-electron chi connectivity index (χ4n) is 2.05. The number of rotatable bonds is 0. The molecule has 0 saturated heterocycles. The van der Waals surface area contributed by atoms with Crippen molar-refractivity contribution < 1.29 is 19.7 Å². The molecular weight excluding hydrogens is 232 g/mol. The van der Waals surface area contributed by atoms with Gasteiger partial charge < -0.3 is 14.9 Å². The molecule has 1 heterocycles. The topological polar surface area (TPSA) is 66.8 Å². The molecule has 0 aromatic heterocycles. The maximum Gasteiger partial charge on any atom is 0.183 e. The van der Waals surface area contributed by atoms with Crippen molar-refractivity contribution in [2.45, 2.75) is 6.42 Å². The summed E-state index contributed by atoms with van der Waals surface area (Å²) in [6.45, 7) is 0. The van der Waals surface area contributed by atoms with Crippen LogP contribution in [0.15, 0.2) is 36.4 Å². The first-order valence-corrected chi connectivity index (χ1v) is 5.50. The number of hydrogen-bond acceptors (Lipinski definition) is 4. The standard InChI is InChI=1S/C14H10O4/c15-9-5-6-10(16)14-13(9)11(17)7-8-3-1-2-4-12(8)18-14/h1-6,15-16H,7H2. The zero-order chi connectivity index (χ0) is 12.7. The van der Waals surface area contributed by atoms with Crippen LogP contribution in [0.2, 0.25) is 0 Å². The Hall–Kier alpha value is -2.49. The molecule has 1 aliphatic rings. The van der Waals surface area contributed by atoms with Crippen LogP contribution in [0, 0.1) is 0 Å². The van der Waals surface area contributed by atoms with Crippen LogP contribution in [-0.4, -0.2) is 16.0 Å². The number of ketones is 1. The predicted octanol–water partition coefficient (Wildman–Crippen LogP) is 2.63. The van der Waals surface area contributed by atoms with Gasteiger partial charge in [-0.1, -0.05) is 18.2 Å². The van der Waals surface area contributed by atoms with Crippen LogP contribution in [0.1, 0.15) is 15.9 Å². The fourth-order valence-corrected chi connectivity index (χ4v) is 2.05. The van der Waals surface area contributed by atoms with Gasteiger partial charge in [0.2, 0.25) is 0 Å². The number of fused-ring (bicyclic) bond motifs is 2. The lowest BCUT2D eigenvalue weighted by Crippen LogP contribution is -2.02. The van der Waals surface area contributed by atoms with E-state index in [1.807, 2.05) is 6.07 Å². The molecule has 0 saturated carbocycles. The number of carbonyl (C=O) groups excluding carboxylic acids is 1. The van der Waals surface area contributed by atoms with Gasteiger partial charge in [0, 0.05) is 12.0 Å². The Balaban J connectivity index is 2.26. The van der Waals surface area contributed by atoms with Crippen molar-refractivity contribution in [2.24, 2.45) is 0 Å². The molecule has 0 bridgehead atoms. The number of phenols is 2. The van der Waals surface area contributed by atoms with Gasteiger partial charge in [-0.2, -0.15) is 0 Å². The van der Waals surface area contributed by atoms with Crippen molar-refractivity contribution in [2.75, 3.05) is 0 Å². The number of Topliss-reactive ketones (excluding diaryl/α,β-unsaturated/α-hetero) is 1. The third-order valence-electron chi connectivity index (χ3n) is 2.93. The first-order valence-electron chi connectivity index (χ1n) is 5.50. The largest absolute Gasteiger partial charge is 0.507 e. The molecule has 0 spiro atoms. The summed E-state index contributed by atoms with van der Waals surface area (Å²) in [4.78, 5) is 12.1. The Morgan fingerprint density at radius 2 is 1.72 bits per heavy atom. The fraction of sp³-hybridized carbons (Fsp3) is 0.0714. The van der Waals surface area contributed by atoms with Gasteiger partial charge in [-0.05, 0) is 18.2 Å². The van der Waals surface area contributed by atoms with Gasteiger partial charge in [-0.25, -0.2) is 0 Å². The molecule has 18 heavy (non-hydrogen) atoms. The highest BCUT2D eigenvalue weighted by atomic mass is 16.5. The van der Waals surface area contributed by atoms with Crippen LogP contribution in [0.25, 0.3) is 0 Å². The van der Waals surface area contributed by atoms with Crippen LogP contribution in [0.5, 0.6) is 23.0 Å². The number of phenolic OH excluding ortho intramolecular Hbond substituents is 2. The summed E-state index contributed by atoms with van der Waals surface area (Å²) in [5, 5.41) is 19.5. The average molecular weight is 242 g/mol. The predicted molar refractivity (Wildman–Crippen MR) is 64.3 cm³/mol. The Kier molecular flexibility index (Phi) is 2.23. The van der Waals surface area contributed by atoms with Crippen LogP contribution in [-0.2, 0) is 6.42 Å². The molecule has 2 aromatic rings. The number of para-hydroxylation sites is 1.